The third kappa shape index (κ3) is 2.14. The lowest BCUT2D eigenvalue weighted by molar-refractivity contribution is -0.121. The summed E-state index contributed by atoms with van der Waals surface area (Å²) in [4.78, 5) is 15.7. The first kappa shape index (κ1) is 10.9. The second-order valence-electron chi connectivity index (χ2n) is 3.47. The highest BCUT2D eigenvalue weighted by Crippen LogP contribution is 2.25. The Kier molecular flexibility index (Phi) is 3.05. The summed E-state index contributed by atoms with van der Waals surface area (Å²) in [6, 6.07) is 7.63. The third-order valence-electron chi connectivity index (χ3n) is 2.27. The quantitative estimate of drug-likeness (QED) is 0.853. The van der Waals surface area contributed by atoms with Crippen molar-refractivity contribution in [1.29, 1.82) is 0 Å². The Hall–Kier alpha value is -1.62. The molecule has 0 bridgehead atoms. The molecule has 0 saturated heterocycles. The minimum Gasteiger partial charge on any atom is -0.357 e. The average molecular weight is 235 g/mol. The van der Waals surface area contributed by atoms with Gasteiger partial charge in [-0.25, -0.2) is 4.98 Å². The van der Waals surface area contributed by atoms with Gasteiger partial charge in [0.1, 0.15) is 6.04 Å². The molecule has 2 aromatic rings. The Bertz CT molecular complexity index is 476. The zero-order valence-electron chi connectivity index (χ0n) is 9.15. The molecule has 0 radical (unpaired) electrons. The predicted octanol–water partition coefficient (Wildman–Crippen LogP) is 1.84. The highest BCUT2D eigenvalue weighted by Gasteiger charge is 2.12. The third-order valence-corrected chi connectivity index (χ3v) is 3.24. The molecule has 0 spiro atoms. The van der Waals surface area contributed by atoms with Crippen molar-refractivity contribution < 1.29 is 4.79 Å². The largest absolute Gasteiger partial charge is 0.357 e. The summed E-state index contributed by atoms with van der Waals surface area (Å²) in [5.41, 5.74) is 0.958. The van der Waals surface area contributed by atoms with Crippen molar-refractivity contribution in [3.05, 3.63) is 24.3 Å². The van der Waals surface area contributed by atoms with Gasteiger partial charge in [0, 0.05) is 7.05 Å². The van der Waals surface area contributed by atoms with Crippen molar-refractivity contribution in [2.75, 3.05) is 12.4 Å². The monoisotopic (exact) mass is 235 g/mol. The van der Waals surface area contributed by atoms with Crippen molar-refractivity contribution in [1.82, 2.24) is 10.3 Å². The van der Waals surface area contributed by atoms with Gasteiger partial charge in [-0.3, -0.25) is 4.79 Å². The van der Waals surface area contributed by atoms with Gasteiger partial charge < -0.3 is 10.6 Å². The van der Waals surface area contributed by atoms with Gasteiger partial charge in [-0.1, -0.05) is 23.5 Å². The van der Waals surface area contributed by atoms with Crippen molar-refractivity contribution in [3.63, 3.8) is 0 Å². The molecule has 1 unspecified atom stereocenters. The van der Waals surface area contributed by atoms with E-state index in [0.29, 0.717) is 0 Å². The van der Waals surface area contributed by atoms with Gasteiger partial charge in [0.25, 0.3) is 0 Å². The van der Waals surface area contributed by atoms with E-state index < -0.39 is 0 Å². The van der Waals surface area contributed by atoms with E-state index in [2.05, 4.69) is 15.6 Å². The minimum atomic E-state index is -0.273. The van der Waals surface area contributed by atoms with E-state index in [1.165, 1.54) is 0 Å². The molecule has 1 aromatic heterocycles. The molecule has 0 aliphatic heterocycles. The SMILES string of the molecule is CNC(=O)C(C)Nc1nc2ccccc2s1. The van der Waals surface area contributed by atoms with Crippen LogP contribution in [0, 0.1) is 0 Å². The topological polar surface area (TPSA) is 54.0 Å². The van der Waals surface area contributed by atoms with Crippen molar-refractivity contribution in [2.45, 2.75) is 13.0 Å². The van der Waals surface area contributed by atoms with Gasteiger partial charge in [-0.05, 0) is 19.1 Å². The number of carbonyl (C=O) groups excluding carboxylic acids is 1. The highest BCUT2D eigenvalue weighted by molar-refractivity contribution is 7.22. The molecule has 2 rings (SSSR count). The first-order chi connectivity index (χ1) is 7.70. The number of hydrogen-bond acceptors (Lipinski definition) is 4. The number of para-hydroxylation sites is 1. The molecule has 1 amide bonds. The lowest BCUT2D eigenvalue weighted by Crippen LogP contribution is -2.35. The molecular weight excluding hydrogens is 222 g/mol. The van der Waals surface area contributed by atoms with Crippen LogP contribution < -0.4 is 10.6 Å². The fourth-order valence-electron chi connectivity index (χ4n) is 1.40. The summed E-state index contributed by atoms with van der Waals surface area (Å²) in [6.45, 7) is 1.81. The van der Waals surface area contributed by atoms with Crippen molar-refractivity contribution in [2.24, 2.45) is 0 Å². The zero-order chi connectivity index (χ0) is 11.5. The smallest absolute Gasteiger partial charge is 0.242 e. The Morgan fingerprint density at radius 3 is 2.88 bits per heavy atom. The molecule has 4 nitrogen and oxygen atoms in total. The molecule has 84 valence electrons. The minimum absolute atomic E-state index is 0.0424. The van der Waals surface area contributed by atoms with Crippen LogP contribution in [0.25, 0.3) is 10.2 Å². The number of rotatable bonds is 3. The lowest BCUT2D eigenvalue weighted by Gasteiger charge is -2.10. The average Bonchev–Trinajstić information content (AvgIpc) is 2.69. The summed E-state index contributed by atoms with van der Waals surface area (Å²) >= 11 is 1.55. The summed E-state index contributed by atoms with van der Waals surface area (Å²) in [5.74, 6) is -0.0424. The van der Waals surface area contributed by atoms with Crippen LogP contribution >= 0.6 is 11.3 Å². The molecule has 1 aromatic carbocycles. The van der Waals surface area contributed by atoms with Crippen molar-refractivity contribution >= 4 is 32.6 Å². The van der Waals surface area contributed by atoms with Crippen LogP contribution in [0.2, 0.25) is 0 Å². The molecule has 0 aliphatic rings. The van der Waals surface area contributed by atoms with Crippen LogP contribution in [0.4, 0.5) is 5.13 Å². The molecule has 0 aliphatic carbocycles. The number of likely N-dealkylation sites (N-methyl/N-ethyl adjacent to an activating group) is 1. The van der Waals surface area contributed by atoms with Crippen LogP contribution in [0.3, 0.4) is 0 Å². The number of nitrogens with one attached hydrogen (secondary N) is 2. The molecule has 2 N–H and O–H groups in total. The van der Waals surface area contributed by atoms with Gasteiger partial charge in [0.05, 0.1) is 10.2 Å². The summed E-state index contributed by atoms with van der Waals surface area (Å²) in [7, 11) is 1.62. The molecule has 1 atom stereocenters. The van der Waals surface area contributed by atoms with E-state index in [0.717, 1.165) is 15.3 Å². The first-order valence-electron chi connectivity index (χ1n) is 5.04. The number of carbonyl (C=O) groups is 1. The second kappa shape index (κ2) is 4.49. The number of benzene rings is 1. The van der Waals surface area contributed by atoms with Crippen LogP contribution in [-0.2, 0) is 4.79 Å². The number of nitrogens with zero attached hydrogens (tertiary/aromatic N) is 1. The number of amides is 1. The maximum atomic E-state index is 11.3. The van der Waals surface area contributed by atoms with E-state index >= 15 is 0 Å². The zero-order valence-corrected chi connectivity index (χ0v) is 9.97. The molecule has 0 saturated carbocycles. The number of aromatic nitrogens is 1. The highest BCUT2D eigenvalue weighted by atomic mass is 32.1. The fourth-order valence-corrected chi connectivity index (χ4v) is 2.35. The van der Waals surface area contributed by atoms with E-state index in [4.69, 9.17) is 0 Å². The maximum Gasteiger partial charge on any atom is 0.242 e. The summed E-state index contributed by atoms with van der Waals surface area (Å²) < 4.78 is 1.12. The Balaban J connectivity index is 2.18. The van der Waals surface area contributed by atoms with Crippen molar-refractivity contribution in [3.8, 4) is 0 Å². The standard InChI is InChI=1S/C11H13N3OS/c1-7(10(15)12-2)13-11-14-8-5-3-4-6-9(8)16-11/h3-7H,1-2H3,(H,12,15)(H,13,14). The number of thiazole rings is 1. The van der Waals surface area contributed by atoms with Gasteiger partial charge in [0.2, 0.25) is 5.91 Å². The summed E-state index contributed by atoms with van der Waals surface area (Å²) in [5, 5.41) is 6.45. The van der Waals surface area contributed by atoms with Gasteiger partial charge >= 0.3 is 0 Å². The van der Waals surface area contributed by atoms with Crippen LogP contribution in [-0.4, -0.2) is 24.0 Å². The van der Waals surface area contributed by atoms with E-state index in [1.807, 2.05) is 31.2 Å². The Morgan fingerprint density at radius 1 is 1.44 bits per heavy atom. The second-order valence-corrected chi connectivity index (χ2v) is 4.50. The van der Waals surface area contributed by atoms with Gasteiger partial charge in [-0.15, -0.1) is 0 Å². The van der Waals surface area contributed by atoms with Gasteiger partial charge in [0.15, 0.2) is 5.13 Å². The molecule has 1 heterocycles. The molecule has 16 heavy (non-hydrogen) atoms. The molecule has 5 heteroatoms. The number of hydrogen-bond donors (Lipinski definition) is 2. The van der Waals surface area contributed by atoms with E-state index in [-0.39, 0.29) is 11.9 Å². The fraction of sp³-hybridized carbons (Fsp3) is 0.273. The normalized spacial score (nSPS) is 12.4. The van der Waals surface area contributed by atoms with Crippen LogP contribution in [0.1, 0.15) is 6.92 Å². The van der Waals surface area contributed by atoms with Gasteiger partial charge in [-0.2, -0.15) is 0 Å². The summed E-state index contributed by atoms with van der Waals surface area (Å²) in [6.07, 6.45) is 0. The predicted molar refractivity (Wildman–Crippen MR) is 66.8 cm³/mol. The maximum absolute atomic E-state index is 11.3. The molecule has 0 fully saturated rings. The first-order valence-corrected chi connectivity index (χ1v) is 5.86. The van der Waals surface area contributed by atoms with E-state index in [1.54, 1.807) is 18.4 Å². The Labute approximate surface area is 97.7 Å². The van der Waals surface area contributed by atoms with Crippen LogP contribution in [0.15, 0.2) is 24.3 Å². The van der Waals surface area contributed by atoms with E-state index in [9.17, 15) is 4.79 Å². The lowest BCUT2D eigenvalue weighted by atomic mass is 10.3. The van der Waals surface area contributed by atoms with Crippen LogP contribution in [0.5, 0.6) is 0 Å². The number of anilines is 1. The Morgan fingerprint density at radius 2 is 2.19 bits per heavy atom. The molecular formula is C11H13N3OS. The number of fused-ring (bicyclic) bond motifs is 1.